The summed E-state index contributed by atoms with van der Waals surface area (Å²) in [7, 11) is 0. The van der Waals surface area contributed by atoms with Gasteiger partial charge in [-0.2, -0.15) is 0 Å². The van der Waals surface area contributed by atoms with Crippen LogP contribution < -0.4 is 0 Å². The third-order valence-electron chi connectivity index (χ3n) is 4.31. The van der Waals surface area contributed by atoms with Crippen LogP contribution in [0.3, 0.4) is 0 Å². The molecule has 3 rings (SSSR count). The van der Waals surface area contributed by atoms with E-state index >= 15 is 0 Å². The molecule has 1 saturated heterocycles. The van der Waals surface area contributed by atoms with Gasteiger partial charge in [-0.3, -0.25) is 9.78 Å². The zero-order valence-corrected chi connectivity index (χ0v) is 13.2. The van der Waals surface area contributed by atoms with Gasteiger partial charge in [0.15, 0.2) is 0 Å². The van der Waals surface area contributed by atoms with E-state index in [9.17, 15) is 9.18 Å². The van der Waals surface area contributed by atoms with Gasteiger partial charge in [0.25, 0.3) is 0 Å². The molecule has 1 aromatic heterocycles. The maximum atomic E-state index is 13.0. The Hall–Kier alpha value is -2.23. The molecule has 1 aliphatic heterocycles. The summed E-state index contributed by atoms with van der Waals surface area (Å²) in [5.74, 6) is -0.0122. The fourth-order valence-electron chi connectivity index (χ4n) is 2.98. The van der Waals surface area contributed by atoms with E-state index in [-0.39, 0.29) is 11.7 Å². The molecule has 2 aromatic rings. The van der Waals surface area contributed by atoms with Crippen LogP contribution in [-0.4, -0.2) is 28.9 Å². The number of hydrogen-bond donors (Lipinski definition) is 0. The summed E-state index contributed by atoms with van der Waals surface area (Å²) in [5, 5.41) is 0. The number of carbonyl (C=O) groups is 1. The minimum atomic E-state index is -0.245. The number of amides is 1. The second kappa shape index (κ2) is 7.36. The Morgan fingerprint density at radius 1 is 1.04 bits per heavy atom. The van der Waals surface area contributed by atoms with Gasteiger partial charge in [0.2, 0.25) is 5.91 Å². The Labute approximate surface area is 136 Å². The molecule has 3 nitrogen and oxygen atoms in total. The van der Waals surface area contributed by atoms with E-state index < -0.39 is 0 Å². The Balaban J connectivity index is 1.63. The molecule has 1 fully saturated rings. The molecule has 2 heterocycles. The van der Waals surface area contributed by atoms with Crippen molar-refractivity contribution in [3.05, 3.63) is 54.1 Å². The fraction of sp³-hybridized carbons (Fsp3) is 0.368. The summed E-state index contributed by atoms with van der Waals surface area (Å²) >= 11 is 0. The number of rotatable bonds is 4. The summed E-state index contributed by atoms with van der Waals surface area (Å²) in [6.07, 6.45) is 8.25. The number of hydrogen-bond acceptors (Lipinski definition) is 2. The molecule has 0 unspecified atom stereocenters. The summed E-state index contributed by atoms with van der Waals surface area (Å²) in [6, 6.07) is 8.41. The maximum absolute atomic E-state index is 13.0. The van der Waals surface area contributed by atoms with Crippen molar-refractivity contribution < 1.29 is 9.18 Å². The molecule has 23 heavy (non-hydrogen) atoms. The highest BCUT2D eigenvalue weighted by atomic mass is 19.1. The van der Waals surface area contributed by atoms with E-state index in [1.165, 1.54) is 18.6 Å². The Kier molecular flexibility index (Phi) is 5.01. The van der Waals surface area contributed by atoms with E-state index in [0.717, 1.165) is 42.6 Å². The van der Waals surface area contributed by atoms with Gasteiger partial charge in [0.05, 0.1) is 0 Å². The number of aryl methyl sites for hydroxylation is 1. The minimum Gasteiger partial charge on any atom is -0.343 e. The third kappa shape index (κ3) is 4.15. The van der Waals surface area contributed by atoms with Crippen molar-refractivity contribution >= 4 is 5.91 Å². The van der Waals surface area contributed by atoms with Gasteiger partial charge in [0.1, 0.15) is 5.82 Å². The molecule has 1 amide bonds. The highest BCUT2D eigenvalue weighted by Gasteiger charge is 2.16. The van der Waals surface area contributed by atoms with Gasteiger partial charge in [0, 0.05) is 37.5 Å². The normalized spacial score (nSPS) is 14.7. The van der Waals surface area contributed by atoms with Crippen molar-refractivity contribution in [3.63, 3.8) is 0 Å². The first-order chi connectivity index (χ1) is 11.2. The monoisotopic (exact) mass is 312 g/mol. The fourth-order valence-corrected chi connectivity index (χ4v) is 2.98. The summed E-state index contributed by atoms with van der Waals surface area (Å²) < 4.78 is 13.0. The average molecular weight is 312 g/mol. The van der Waals surface area contributed by atoms with Gasteiger partial charge >= 0.3 is 0 Å². The SMILES string of the molecule is O=C(CCc1cncc(-c2ccc(F)cc2)c1)N1CCCCC1. The zero-order valence-electron chi connectivity index (χ0n) is 13.2. The van der Waals surface area contributed by atoms with Crippen LogP contribution in [0.2, 0.25) is 0 Å². The van der Waals surface area contributed by atoms with Gasteiger partial charge in [-0.25, -0.2) is 4.39 Å². The zero-order chi connectivity index (χ0) is 16.1. The van der Waals surface area contributed by atoms with Gasteiger partial charge < -0.3 is 4.90 Å². The summed E-state index contributed by atoms with van der Waals surface area (Å²) in [6.45, 7) is 1.79. The van der Waals surface area contributed by atoms with Crippen LogP contribution in [0.5, 0.6) is 0 Å². The van der Waals surface area contributed by atoms with Crippen LogP contribution in [-0.2, 0) is 11.2 Å². The van der Waals surface area contributed by atoms with E-state index in [1.807, 2.05) is 11.0 Å². The van der Waals surface area contributed by atoms with E-state index in [0.29, 0.717) is 12.8 Å². The largest absolute Gasteiger partial charge is 0.343 e. The molecule has 0 spiro atoms. The van der Waals surface area contributed by atoms with Crippen molar-refractivity contribution in [2.24, 2.45) is 0 Å². The quantitative estimate of drug-likeness (QED) is 0.859. The number of pyridine rings is 1. The molecule has 0 aliphatic carbocycles. The molecular weight excluding hydrogens is 291 g/mol. The number of carbonyl (C=O) groups excluding carboxylic acids is 1. The second-order valence-electron chi connectivity index (χ2n) is 6.03. The molecule has 0 atom stereocenters. The van der Waals surface area contributed by atoms with Crippen LogP contribution >= 0.6 is 0 Å². The number of likely N-dealkylation sites (tertiary alicyclic amines) is 1. The van der Waals surface area contributed by atoms with Gasteiger partial charge in [-0.05, 0) is 55.0 Å². The molecule has 0 bridgehead atoms. The first kappa shape index (κ1) is 15.7. The maximum Gasteiger partial charge on any atom is 0.222 e. The molecular formula is C19H21FN2O. The van der Waals surface area contributed by atoms with E-state index in [1.54, 1.807) is 24.5 Å². The Morgan fingerprint density at radius 2 is 1.78 bits per heavy atom. The lowest BCUT2D eigenvalue weighted by atomic mass is 10.0. The highest BCUT2D eigenvalue weighted by molar-refractivity contribution is 5.76. The van der Waals surface area contributed by atoms with E-state index in [4.69, 9.17) is 0 Å². The number of piperidine rings is 1. The number of halogens is 1. The lowest BCUT2D eigenvalue weighted by molar-refractivity contribution is -0.132. The first-order valence-electron chi connectivity index (χ1n) is 8.20. The predicted molar refractivity (Wildman–Crippen MR) is 88.4 cm³/mol. The van der Waals surface area contributed by atoms with Crippen LogP contribution in [0.1, 0.15) is 31.2 Å². The third-order valence-corrected chi connectivity index (χ3v) is 4.31. The lowest BCUT2D eigenvalue weighted by Crippen LogP contribution is -2.35. The molecule has 120 valence electrons. The molecule has 0 saturated carbocycles. The molecule has 4 heteroatoms. The number of aromatic nitrogens is 1. The van der Waals surface area contributed by atoms with E-state index in [2.05, 4.69) is 4.98 Å². The first-order valence-corrected chi connectivity index (χ1v) is 8.20. The van der Waals surface area contributed by atoms with Crippen LogP contribution in [0, 0.1) is 5.82 Å². The van der Waals surface area contributed by atoms with Crippen molar-refractivity contribution in [3.8, 4) is 11.1 Å². The standard InChI is InChI=1S/C19H21FN2O/c20-18-7-5-16(6-8-18)17-12-15(13-21-14-17)4-9-19(23)22-10-2-1-3-11-22/h5-8,12-14H,1-4,9-11H2. The summed E-state index contributed by atoms with van der Waals surface area (Å²) in [5.41, 5.74) is 2.92. The van der Waals surface area contributed by atoms with Crippen molar-refractivity contribution in [1.82, 2.24) is 9.88 Å². The van der Waals surface area contributed by atoms with Crippen molar-refractivity contribution in [2.45, 2.75) is 32.1 Å². The number of benzene rings is 1. The van der Waals surface area contributed by atoms with Crippen LogP contribution in [0.4, 0.5) is 4.39 Å². The topological polar surface area (TPSA) is 33.2 Å². The van der Waals surface area contributed by atoms with Gasteiger partial charge in [-0.15, -0.1) is 0 Å². The molecule has 0 radical (unpaired) electrons. The van der Waals surface area contributed by atoms with Crippen molar-refractivity contribution in [2.75, 3.05) is 13.1 Å². The molecule has 1 aliphatic rings. The number of nitrogens with zero attached hydrogens (tertiary/aromatic N) is 2. The highest BCUT2D eigenvalue weighted by Crippen LogP contribution is 2.20. The second-order valence-corrected chi connectivity index (χ2v) is 6.03. The van der Waals surface area contributed by atoms with Gasteiger partial charge in [-0.1, -0.05) is 12.1 Å². The minimum absolute atomic E-state index is 0.233. The Bertz CT molecular complexity index is 663. The van der Waals surface area contributed by atoms with Crippen LogP contribution in [0.25, 0.3) is 11.1 Å². The Morgan fingerprint density at radius 3 is 2.52 bits per heavy atom. The lowest BCUT2D eigenvalue weighted by Gasteiger charge is -2.26. The molecule has 1 aromatic carbocycles. The smallest absolute Gasteiger partial charge is 0.222 e. The molecule has 0 N–H and O–H groups in total. The predicted octanol–water partition coefficient (Wildman–Crippen LogP) is 3.83. The van der Waals surface area contributed by atoms with Crippen LogP contribution in [0.15, 0.2) is 42.7 Å². The van der Waals surface area contributed by atoms with Crippen molar-refractivity contribution in [1.29, 1.82) is 0 Å². The average Bonchev–Trinajstić information content (AvgIpc) is 2.61. The summed E-state index contributed by atoms with van der Waals surface area (Å²) in [4.78, 5) is 18.5.